The van der Waals surface area contributed by atoms with Gasteiger partial charge >= 0.3 is 0 Å². The molecule has 0 saturated heterocycles. The third-order valence-electron chi connectivity index (χ3n) is 3.73. The van der Waals surface area contributed by atoms with Gasteiger partial charge in [0.05, 0.1) is 29.6 Å². The highest BCUT2D eigenvalue weighted by Crippen LogP contribution is 2.35. The molecule has 1 atom stereocenters. The number of carbonyl (C=O) groups excluding carboxylic acids is 1. The van der Waals surface area contributed by atoms with Crippen LogP contribution in [0.5, 0.6) is 11.5 Å². The van der Waals surface area contributed by atoms with Gasteiger partial charge in [0, 0.05) is 11.6 Å². The van der Waals surface area contributed by atoms with E-state index in [9.17, 15) is 13.2 Å². The van der Waals surface area contributed by atoms with E-state index in [1.807, 2.05) is 6.92 Å². The Labute approximate surface area is 161 Å². The Morgan fingerprint density at radius 3 is 2.12 bits per heavy atom. The molecule has 0 saturated carbocycles. The van der Waals surface area contributed by atoms with E-state index in [0.29, 0.717) is 11.5 Å². The lowest BCUT2D eigenvalue weighted by molar-refractivity contribution is 0.0996. The normalized spacial score (nSPS) is 12.3. The number of ether oxygens (including phenoxy) is 2. The standard InChI is InChI=1S/C18H20BrNO5S/c1-11-5-7-13(8-6-11)26(22,23)20-15-10-17(25-4)16(24-3)9-14(15)18(21)12(2)19/h5-10,12,20H,1-4H3. The summed E-state index contributed by atoms with van der Waals surface area (Å²) < 4.78 is 38.3. The van der Waals surface area contributed by atoms with Gasteiger partial charge in [0.25, 0.3) is 10.0 Å². The van der Waals surface area contributed by atoms with Crippen molar-refractivity contribution < 1.29 is 22.7 Å². The number of benzene rings is 2. The van der Waals surface area contributed by atoms with Gasteiger partial charge in [-0.1, -0.05) is 33.6 Å². The Bertz CT molecular complexity index is 908. The molecule has 26 heavy (non-hydrogen) atoms. The number of methoxy groups -OCH3 is 2. The topological polar surface area (TPSA) is 81.7 Å². The summed E-state index contributed by atoms with van der Waals surface area (Å²) in [6.07, 6.45) is 0. The van der Waals surface area contributed by atoms with Crippen LogP contribution in [0.1, 0.15) is 22.8 Å². The Morgan fingerprint density at radius 2 is 1.62 bits per heavy atom. The van der Waals surface area contributed by atoms with E-state index in [2.05, 4.69) is 20.7 Å². The van der Waals surface area contributed by atoms with Gasteiger partial charge < -0.3 is 9.47 Å². The van der Waals surface area contributed by atoms with E-state index in [1.165, 1.54) is 38.5 Å². The predicted octanol–water partition coefficient (Wildman–Crippen LogP) is 3.78. The lowest BCUT2D eigenvalue weighted by Gasteiger charge is -2.16. The van der Waals surface area contributed by atoms with Crippen LogP contribution in [0.25, 0.3) is 0 Å². The number of nitrogens with one attached hydrogen (secondary N) is 1. The molecule has 2 rings (SSSR count). The number of ketones is 1. The third kappa shape index (κ3) is 4.37. The number of hydrogen-bond acceptors (Lipinski definition) is 5. The predicted molar refractivity (Wildman–Crippen MR) is 104 cm³/mol. The Kier molecular flexibility index (Phi) is 6.30. The fraction of sp³-hybridized carbons (Fsp3) is 0.278. The van der Waals surface area contributed by atoms with Crippen molar-refractivity contribution in [3.8, 4) is 11.5 Å². The van der Waals surface area contributed by atoms with Crippen LogP contribution in [0.4, 0.5) is 5.69 Å². The van der Waals surface area contributed by atoms with Crippen molar-refractivity contribution in [3.05, 3.63) is 47.5 Å². The van der Waals surface area contributed by atoms with E-state index < -0.39 is 14.9 Å². The molecule has 140 valence electrons. The monoisotopic (exact) mass is 441 g/mol. The van der Waals surface area contributed by atoms with Crippen molar-refractivity contribution in [1.82, 2.24) is 0 Å². The minimum atomic E-state index is -3.87. The summed E-state index contributed by atoms with van der Waals surface area (Å²) in [6, 6.07) is 9.32. The molecule has 1 N–H and O–H groups in total. The summed E-state index contributed by atoms with van der Waals surface area (Å²) in [5, 5.41) is 0. The van der Waals surface area contributed by atoms with Crippen LogP contribution < -0.4 is 14.2 Å². The lowest BCUT2D eigenvalue weighted by Crippen LogP contribution is -2.18. The molecule has 0 aromatic heterocycles. The van der Waals surface area contributed by atoms with E-state index in [-0.39, 0.29) is 21.9 Å². The van der Waals surface area contributed by atoms with Gasteiger partial charge in [0.1, 0.15) is 0 Å². The molecule has 6 nitrogen and oxygen atoms in total. The van der Waals surface area contributed by atoms with Crippen LogP contribution >= 0.6 is 15.9 Å². The highest BCUT2D eigenvalue weighted by atomic mass is 79.9. The second kappa shape index (κ2) is 8.09. The number of sulfonamides is 1. The number of anilines is 1. The van der Waals surface area contributed by atoms with Crippen LogP contribution in [0.15, 0.2) is 41.3 Å². The average Bonchev–Trinajstić information content (AvgIpc) is 2.60. The Hall–Kier alpha value is -2.06. The van der Waals surface area contributed by atoms with Gasteiger partial charge in [-0.15, -0.1) is 0 Å². The molecular formula is C18H20BrNO5S. The molecule has 8 heteroatoms. The molecule has 0 aliphatic carbocycles. The zero-order valence-corrected chi connectivity index (χ0v) is 17.3. The van der Waals surface area contributed by atoms with Crippen LogP contribution in [0.2, 0.25) is 0 Å². The fourth-order valence-corrected chi connectivity index (χ4v) is 3.62. The molecule has 0 bridgehead atoms. The summed E-state index contributed by atoms with van der Waals surface area (Å²) in [4.78, 5) is 12.1. The van der Waals surface area contributed by atoms with E-state index in [1.54, 1.807) is 19.1 Å². The largest absolute Gasteiger partial charge is 0.493 e. The highest BCUT2D eigenvalue weighted by molar-refractivity contribution is 9.10. The smallest absolute Gasteiger partial charge is 0.261 e. The Morgan fingerprint density at radius 1 is 1.08 bits per heavy atom. The molecule has 0 aliphatic heterocycles. The summed E-state index contributed by atoms with van der Waals surface area (Å²) in [5.74, 6) is 0.364. The first-order chi connectivity index (χ1) is 12.2. The number of Topliss-reactive ketones (excluding diaryl/α,β-unsaturated/α-hetero) is 1. The molecule has 0 spiro atoms. The molecule has 2 aromatic rings. The van der Waals surface area contributed by atoms with Gasteiger partial charge in [-0.2, -0.15) is 0 Å². The first-order valence-corrected chi connectivity index (χ1v) is 10.1. The van der Waals surface area contributed by atoms with Crippen molar-refractivity contribution in [3.63, 3.8) is 0 Å². The van der Waals surface area contributed by atoms with Crippen LogP contribution in [-0.2, 0) is 10.0 Å². The van der Waals surface area contributed by atoms with E-state index >= 15 is 0 Å². The maximum absolute atomic E-state index is 12.7. The Balaban J connectivity index is 2.56. The zero-order valence-electron chi connectivity index (χ0n) is 14.9. The number of rotatable bonds is 7. The van der Waals surface area contributed by atoms with Gasteiger partial charge in [-0.25, -0.2) is 8.42 Å². The van der Waals surface area contributed by atoms with Gasteiger partial charge in [0.15, 0.2) is 17.3 Å². The highest BCUT2D eigenvalue weighted by Gasteiger charge is 2.23. The molecule has 1 unspecified atom stereocenters. The lowest BCUT2D eigenvalue weighted by atomic mass is 10.1. The maximum Gasteiger partial charge on any atom is 0.261 e. The van der Waals surface area contributed by atoms with E-state index in [4.69, 9.17) is 9.47 Å². The molecule has 0 aliphatic rings. The minimum absolute atomic E-state index is 0.100. The number of hydrogen-bond donors (Lipinski definition) is 1. The molecule has 0 heterocycles. The van der Waals surface area contributed by atoms with Crippen molar-refractivity contribution >= 4 is 37.4 Å². The molecule has 0 fully saturated rings. The van der Waals surface area contributed by atoms with Crippen molar-refractivity contribution in [1.29, 1.82) is 0 Å². The maximum atomic E-state index is 12.7. The second-order valence-corrected chi connectivity index (χ2v) is 8.71. The minimum Gasteiger partial charge on any atom is -0.493 e. The van der Waals surface area contributed by atoms with Gasteiger partial charge in [-0.3, -0.25) is 9.52 Å². The van der Waals surface area contributed by atoms with Gasteiger partial charge in [0.2, 0.25) is 0 Å². The first-order valence-electron chi connectivity index (χ1n) is 7.73. The second-order valence-electron chi connectivity index (χ2n) is 5.65. The summed E-state index contributed by atoms with van der Waals surface area (Å²) in [7, 11) is -0.991. The average molecular weight is 442 g/mol. The molecule has 0 radical (unpaired) electrons. The number of carbonyl (C=O) groups is 1. The van der Waals surface area contributed by atoms with Gasteiger partial charge in [-0.05, 0) is 32.0 Å². The first kappa shape index (κ1) is 20.3. The SMILES string of the molecule is COc1cc(NS(=O)(=O)c2ccc(C)cc2)c(C(=O)C(C)Br)cc1OC. The van der Waals surface area contributed by atoms with Crippen LogP contribution in [0, 0.1) is 6.92 Å². The summed E-state index contributed by atoms with van der Waals surface area (Å²) in [5.41, 5.74) is 1.25. The molecule has 0 amide bonds. The van der Waals surface area contributed by atoms with Crippen molar-refractivity contribution in [2.45, 2.75) is 23.6 Å². The summed E-state index contributed by atoms with van der Waals surface area (Å²) in [6.45, 7) is 3.53. The number of halogens is 1. The molecular weight excluding hydrogens is 422 g/mol. The van der Waals surface area contributed by atoms with E-state index in [0.717, 1.165) is 5.56 Å². The summed E-state index contributed by atoms with van der Waals surface area (Å²) >= 11 is 3.23. The number of aryl methyl sites for hydroxylation is 1. The number of alkyl halides is 1. The third-order valence-corrected chi connectivity index (χ3v) is 5.52. The molecule has 2 aromatic carbocycles. The van der Waals surface area contributed by atoms with Crippen molar-refractivity contribution in [2.24, 2.45) is 0 Å². The quantitative estimate of drug-likeness (QED) is 0.522. The fourth-order valence-electron chi connectivity index (χ4n) is 2.30. The zero-order chi connectivity index (χ0) is 19.5. The van der Waals surface area contributed by atoms with Crippen LogP contribution in [0.3, 0.4) is 0 Å². The van der Waals surface area contributed by atoms with Crippen LogP contribution in [-0.4, -0.2) is 33.2 Å². The van der Waals surface area contributed by atoms with Crippen molar-refractivity contribution in [2.75, 3.05) is 18.9 Å².